The van der Waals surface area contributed by atoms with Gasteiger partial charge in [-0.3, -0.25) is 4.79 Å². The van der Waals surface area contributed by atoms with E-state index in [0.717, 1.165) is 5.56 Å². The van der Waals surface area contributed by atoms with Gasteiger partial charge in [0.05, 0.1) is 12.0 Å². The molecule has 0 aliphatic heterocycles. The summed E-state index contributed by atoms with van der Waals surface area (Å²) in [5.74, 6) is -0.995. The fourth-order valence-corrected chi connectivity index (χ4v) is 3.02. The molecule has 3 rings (SSSR count). The molecule has 1 heterocycles. The zero-order valence-corrected chi connectivity index (χ0v) is 15.2. The topological polar surface area (TPSA) is 99.8 Å². The molecule has 1 unspecified atom stereocenters. The molecule has 1 atom stereocenters. The van der Waals surface area contributed by atoms with E-state index in [1.807, 2.05) is 37.3 Å². The van der Waals surface area contributed by atoms with Crippen LogP contribution in [0.3, 0.4) is 0 Å². The van der Waals surface area contributed by atoms with Crippen LogP contribution in [0.2, 0.25) is 0 Å². The Balaban J connectivity index is 1.77. The Bertz CT molecular complexity index is 1040. The summed E-state index contributed by atoms with van der Waals surface area (Å²) in [6, 6.07) is 12.7. The van der Waals surface area contributed by atoms with E-state index in [9.17, 15) is 19.8 Å². The first-order chi connectivity index (χ1) is 12.9. The third-order valence-electron chi connectivity index (χ3n) is 4.72. The third-order valence-corrected chi connectivity index (χ3v) is 4.72. The molecule has 1 amide bonds. The molecule has 1 aromatic heterocycles. The Morgan fingerprint density at radius 2 is 1.85 bits per heavy atom. The number of hydrogen-bond acceptors (Lipinski definition) is 5. The van der Waals surface area contributed by atoms with Crippen LogP contribution in [0.1, 0.15) is 29.5 Å². The summed E-state index contributed by atoms with van der Waals surface area (Å²) in [7, 11) is 0. The molecular formula is C21H21NO5. The average Bonchev–Trinajstić information content (AvgIpc) is 2.67. The van der Waals surface area contributed by atoms with Crippen LogP contribution >= 0.6 is 0 Å². The van der Waals surface area contributed by atoms with Crippen LogP contribution in [-0.2, 0) is 11.2 Å². The quantitative estimate of drug-likeness (QED) is 0.475. The van der Waals surface area contributed by atoms with Crippen LogP contribution in [-0.4, -0.2) is 22.7 Å². The average molecular weight is 367 g/mol. The molecule has 6 nitrogen and oxygen atoms in total. The first kappa shape index (κ1) is 18.5. The molecular weight excluding hydrogens is 346 g/mol. The summed E-state index contributed by atoms with van der Waals surface area (Å²) in [6.07, 6.45) is -0.118. The molecule has 0 aliphatic carbocycles. The van der Waals surface area contributed by atoms with Gasteiger partial charge >= 0.3 is 5.63 Å². The van der Waals surface area contributed by atoms with E-state index in [2.05, 4.69) is 5.32 Å². The molecule has 3 N–H and O–H groups in total. The van der Waals surface area contributed by atoms with Gasteiger partial charge in [-0.25, -0.2) is 4.79 Å². The molecule has 0 saturated heterocycles. The number of nitrogens with one attached hydrogen (secondary N) is 1. The fourth-order valence-electron chi connectivity index (χ4n) is 3.02. The number of hydrogen-bond donors (Lipinski definition) is 3. The fraction of sp³-hybridized carbons (Fsp3) is 0.238. The van der Waals surface area contributed by atoms with Crippen molar-refractivity contribution in [1.82, 2.24) is 5.32 Å². The second-order valence-electron chi connectivity index (χ2n) is 6.60. The smallest absolute Gasteiger partial charge is 0.340 e. The molecule has 0 spiro atoms. The largest absolute Gasteiger partial charge is 0.504 e. The monoisotopic (exact) mass is 367 g/mol. The van der Waals surface area contributed by atoms with Crippen LogP contribution in [0.15, 0.2) is 51.7 Å². The number of phenols is 2. The number of carbonyl (C=O) groups excluding carboxylic acids is 1. The summed E-state index contributed by atoms with van der Waals surface area (Å²) in [6.45, 7) is 4.15. The summed E-state index contributed by atoms with van der Waals surface area (Å²) in [5, 5.41) is 22.7. The van der Waals surface area contributed by atoms with Gasteiger partial charge in [0.2, 0.25) is 11.7 Å². The molecule has 0 radical (unpaired) electrons. The highest BCUT2D eigenvalue weighted by Gasteiger charge is 2.18. The van der Waals surface area contributed by atoms with Gasteiger partial charge in [-0.15, -0.1) is 0 Å². The minimum Gasteiger partial charge on any atom is -0.504 e. The Labute approximate surface area is 156 Å². The summed E-state index contributed by atoms with van der Waals surface area (Å²) in [4.78, 5) is 24.6. The second-order valence-corrected chi connectivity index (χ2v) is 6.60. The maximum absolute atomic E-state index is 12.3. The SMILES string of the molecule is Cc1c(CC(=O)NCC(C)c2ccccc2)c(=O)oc2c(O)c(O)ccc12. The summed E-state index contributed by atoms with van der Waals surface area (Å²) < 4.78 is 5.14. The highest BCUT2D eigenvalue weighted by Crippen LogP contribution is 2.34. The van der Waals surface area contributed by atoms with Crippen LogP contribution in [0, 0.1) is 6.92 Å². The molecule has 27 heavy (non-hydrogen) atoms. The second kappa shape index (κ2) is 7.53. The van der Waals surface area contributed by atoms with E-state index < -0.39 is 11.4 Å². The number of amides is 1. The van der Waals surface area contributed by atoms with Gasteiger partial charge in [0.25, 0.3) is 0 Å². The highest BCUT2D eigenvalue weighted by atomic mass is 16.4. The zero-order valence-electron chi connectivity index (χ0n) is 15.2. The zero-order chi connectivity index (χ0) is 19.6. The minimum absolute atomic E-state index is 0.0839. The number of carbonyl (C=O) groups is 1. The van der Waals surface area contributed by atoms with Gasteiger partial charge in [0, 0.05) is 11.9 Å². The number of aromatic hydroxyl groups is 2. The van der Waals surface area contributed by atoms with Gasteiger partial charge in [-0.05, 0) is 36.1 Å². The van der Waals surface area contributed by atoms with Crippen molar-refractivity contribution in [2.45, 2.75) is 26.2 Å². The van der Waals surface area contributed by atoms with Crippen molar-refractivity contribution in [3.63, 3.8) is 0 Å². The van der Waals surface area contributed by atoms with Crippen molar-refractivity contribution in [3.8, 4) is 11.5 Å². The lowest BCUT2D eigenvalue weighted by Crippen LogP contribution is -2.30. The molecule has 0 bridgehead atoms. The Morgan fingerprint density at radius 3 is 2.56 bits per heavy atom. The van der Waals surface area contributed by atoms with E-state index >= 15 is 0 Å². The van der Waals surface area contributed by atoms with Crippen LogP contribution in [0.25, 0.3) is 11.0 Å². The lowest BCUT2D eigenvalue weighted by atomic mass is 10.0. The van der Waals surface area contributed by atoms with Crippen molar-refractivity contribution in [2.75, 3.05) is 6.54 Å². The van der Waals surface area contributed by atoms with E-state index in [4.69, 9.17) is 4.42 Å². The Hall–Kier alpha value is -3.28. The van der Waals surface area contributed by atoms with E-state index in [1.165, 1.54) is 6.07 Å². The Morgan fingerprint density at radius 1 is 1.15 bits per heavy atom. The molecule has 6 heteroatoms. The lowest BCUT2D eigenvalue weighted by molar-refractivity contribution is -0.120. The van der Waals surface area contributed by atoms with Crippen molar-refractivity contribution >= 4 is 16.9 Å². The number of fused-ring (bicyclic) bond motifs is 1. The first-order valence-corrected chi connectivity index (χ1v) is 8.67. The lowest BCUT2D eigenvalue weighted by Gasteiger charge is -2.14. The number of benzene rings is 2. The molecule has 2 aromatic carbocycles. The number of rotatable bonds is 5. The maximum atomic E-state index is 12.3. The maximum Gasteiger partial charge on any atom is 0.340 e. The van der Waals surface area contributed by atoms with Crippen molar-refractivity contribution in [1.29, 1.82) is 0 Å². The van der Waals surface area contributed by atoms with Crippen molar-refractivity contribution in [2.24, 2.45) is 0 Å². The number of aryl methyl sites for hydroxylation is 1. The normalized spacial score (nSPS) is 12.1. The third kappa shape index (κ3) is 3.79. The van der Waals surface area contributed by atoms with Gasteiger partial charge in [0.15, 0.2) is 11.3 Å². The van der Waals surface area contributed by atoms with Gasteiger partial charge in [-0.1, -0.05) is 37.3 Å². The van der Waals surface area contributed by atoms with Crippen LogP contribution < -0.4 is 10.9 Å². The molecule has 0 fully saturated rings. The standard InChI is InChI=1S/C21H21NO5/c1-12(14-6-4-3-5-7-14)11-22-18(24)10-16-13(2)15-8-9-17(23)19(25)20(15)27-21(16)26/h3-9,12,23,25H,10-11H2,1-2H3,(H,22,24). The summed E-state index contributed by atoms with van der Waals surface area (Å²) >= 11 is 0. The van der Waals surface area contributed by atoms with E-state index in [-0.39, 0.29) is 35.1 Å². The predicted octanol–water partition coefficient (Wildman–Crippen LogP) is 2.98. The Kier molecular flexibility index (Phi) is 5.16. The first-order valence-electron chi connectivity index (χ1n) is 8.67. The highest BCUT2D eigenvalue weighted by molar-refractivity contribution is 5.89. The summed E-state index contributed by atoms with van der Waals surface area (Å²) in [5.41, 5.74) is 1.11. The molecule has 3 aromatic rings. The van der Waals surface area contributed by atoms with Crippen LogP contribution in [0.5, 0.6) is 11.5 Å². The van der Waals surface area contributed by atoms with Crippen molar-refractivity contribution < 1.29 is 19.4 Å². The molecule has 0 aliphatic rings. The predicted molar refractivity (Wildman–Crippen MR) is 102 cm³/mol. The van der Waals surface area contributed by atoms with Crippen LogP contribution in [0.4, 0.5) is 0 Å². The van der Waals surface area contributed by atoms with E-state index in [0.29, 0.717) is 17.5 Å². The number of phenolic OH excluding ortho intramolecular Hbond substituents is 2. The molecule has 140 valence electrons. The molecule has 0 saturated carbocycles. The van der Waals surface area contributed by atoms with Crippen molar-refractivity contribution in [3.05, 3.63) is 69.6 Å². The van der Waals surface area contributed by atoms with Gasteiger partial charge in [-0.2, -0.15) is 0 Å². The minimum atomic E-state index is -0.702. The van der Waals surface area contributed by atoms with Gasteiger partial charge < -0.3 is 19.9 Å². The van der Waals surface area contributed by atoms with E-state index in [1.54, 1.807) is 13.0 Å². The van der Waals surface area contributed by atoms with Gasteiger partial charge in [0.1, 0.15) is 0 Å².